The second kappa shape index (κ2) is 9.48. The molecular weight excluding hydrogens is 430 g/mol. The highest BCUT2D eigenvalue weighted by Crippen LogP contribution is 2.31. The molecule has 1 aliphatic rings. The quantitative estimate of drug-likeness (QED) is 0.379. The molecule has 1 unspecified atom stereocenters. The van der Waals surface area contributed by atoms with Crippen LogP contribution in [0, 0.1) is 5.92 Å². The van der Waals surface area contributed by atoms with Gasteiger partial charge in [0.05, 0.1) is 5.56 Å². The maximum absolute atomic E-state index is 12.8. The Bertz CT molecular complexity index is 542. The Morgan fingerprint density at radius 1 is 1.29 bits per heavy atom. The first-order chi connectivity index (χ1) is 10.9. The van der Waals surface area contributed by atoms with Crippen molar-refractivity contribution in [3.63, 3.8) is 0 Å². The molecule has 1 saturated carbocycles. The van der Waals surface area contributed by atoms with Crippen LogP contribution in [-0.4, -0.2) is 26.1 Å². The zero-order chi connectivity index (χ0) is 16.9. The predicted octanol–water partition coefficient (Wildman–Crippen LogP) is 4.39. The summed E-state index contributed by atoms with van der Waals surface area (Å²) < 4.78 is 38.3. The molecule has 1 aromatic rings. The van der Waals surface area contributed by atoms with Crippen LogP contribution in [0.4, 0.5) is 13.2 Å². The van der Waals surface area contributed by atoms with E-state index in [9.17, 15) is 13.2 Å². The fourth-order valence-corrected chi connectivity index (χ4v) is 2.38. The summed E-state index contributed by atoms with van der Waals surface area (Å²) in [5.74, 6) is 1.57. The van der Waals surface area contributed by atoms with E-state index < -0.39 is 11.7 Å². The summed E-state index contributed by atoms with van der Waals surface area (Å²) in [5, 5.41) is 6.48. The smallest absolute Gasteiger partial charge is 0.356 e. The van der Waals surface area contributed by atoms with Crippen LogP contribution in [0.15, 0.2) is 29.3 Å². The number of nitrogens with zero attached hydrogens (tertiary/aromatic N) is 1. The zero-order valence-corrected chi connectivity index (χ0v) is 16.3. The Balaban J connectivity index is 0.00000288. The lowest BCUT2D eigenvalue weighted by molar-refractivity contribution is -0.137. The van der Waals surface area contributed by atoms with Gasteiger partial charge < -0.3 is 10.6 Å². The molecule has 0 heterocycles. The Morgan fingerprint density at radius 3 is 2.58 bits per heavy atom. The van der Waals surface area contributed by atoms with Gasteiger partial charge in [-0.3, -0.25) is 4.99 Å². The summed E-state index contributed by atoms with van der Waals surface area (Å²) in [4.78, 5) is 4.15. The van der Waals surface area contributed by atoms with Gasteiger partial charge in [-0.25, -0.2) is 0 Å². The van der Waals surface area contributed by atoms with Gasteiger partial charge in [0.25, 0.3) is 0 Å². The summed E-state index contributed by atoms with van der Waals surface area (Å²) in [5.41, 5.74) is 0.124. The second-order valence-corrected chi connectivity index (χ2v) is 6.14. The number of nitrogens with one attached hydrogen (secondary N) is 2. The van der Waals surface area contributed by atoms with Gasteiger partial charge in [0, 0.05) is 20.1 Å². The van der Waals surface area contributed by atoms with Gasteiger partial charge in [0.1, 0.15) is 0 Å². The highest BCUT2D eigenvalue weighted by atomic mass is 127. The lowest BCUT2D eigenvalue weighted by Crippen LogP contribution is -2.39. The van der Waals surface area contributed by atoms with Crippen molar-refractivity contribution in [2.75, 3.05) is 20.1 Å². The molecule has 2 N–H and O–H groups in total. The number of aliphatic imine (C=N–C) groups is 1. The zero-order valence-electron chi connectivity index (χ0n) is 14.0. The van der Waals surface area contributed by atoms with Crippen LogP contribution in [0.2, 0.25) is 0 Å². The average molecular weight is 455 g/mol. The standard InChI is InChI=1S/C17H24F3N3.HI/c1-12(14-4-3-5-15(10-14)17(18,19)20)8-9-22-16(21-2)23-11-13-6-7-13;/h3-5,10,12-13H,6-9,11H2,1-2H3,(H2,21,22,23);1H. The van der Waals surface area contributed by atoms with Crippen molar-refractivity contribution in [3.05, 3.63) is 35.4 Å². The third-order valence-corrected chi connectivity index (χ3v) is 4.13. The molecule has 1 atom stereocenters. The summed E-state index contributed by atoms with van der Waals surface area (Å²) in [7, 11) is 1.72. The fraction of sp³-hybridized carbons (Fsp3) is 0.588. The van der Waals surface area contributed by atoms with E-state index in [0.29, 0.717) is 12.1 Å². The molecule has 1 aromatic carbocycles. The van der Waals surface area contributed by atoms with E-state index in [1.54, 1.807) is 13.1 Å². The lowest BCUT2D eigenvalue weighted by atomic mass is 9.96. The van der Waals surface area contributed by atoms with Gasteiger partial charge in [-0.15, -0.1) is 24.0 Å². The van der Waals surface area contributed by atoms with Gasteiger partial charge in [-0.05, 0) is 42.7 Å². The number of alkyl halides is 3. The third kappa shape index (κ3) is 6.86. The first kappa shape index (κ1) is 21.1. The Hall–Kier alpha value is -0.990. The molecule has 3 nitrogen and oxygen atoms in total. The minimum absolute atomic E-state index is 0. The number of benzene rings is 1. The maximum Gasteiger partial charge on any atom is 0.416 e. The summed E-state index contributed by atoms with van der Waals surface area (Å²) in [6, 6.07) is 5.57. The molecule has 0 aliphatic heterocycles. The van der Waals surface area contributed by atoms with Gasteiger partial charge >= 0.3 is 6.18 Å². The number of hydrogen-bond donors (Lipinski definition) is 2. The molecule has 0 bridgehead atoms. The summed E-state index contributed by atoms with van der Waals surface area (Å²) >= 11 is 0. The Kier molecular flexibility index (Phi) is 8.32. The molecule has 0 amide bonds. The fourth-order valence-electron chi connectivity index (χ4n) is 2.38. The molecule has 1 aliphatic carbocycles. The van der Waals surface area contributed by atoms with E-state index in [1.807, 2.05) is 6.92 Å². The van der Waals surface area contributed by atoms with E-state index >= 15 is 0 Å². The highest BCUT2D eigenvalue weighted by Gasteiger charge is 2.30. The number of rotatable bonds is 6. The van der Waals surface area contributed by atoms with Crippen molar-refractivity contribution in [1.29, 1.82) is 0 Å². The molecule has 1 fully saturated rings. The molecule has 24 heavy (non-hydrogen) atoms. The minimum Gasteiger partial charge on any atom is -0.356 e. The number of halogens is 4. The van der Waals surface area contributed by atoms with Crippen LogP contribution in [0.1, 0.15) is 43.2 Å². The maximum atomic E-state index is 12.8. The highest BCUT2D eigenvalue weighted by molar-refractivity contribution is 14.0. The summed E-state index contributed by atoms with van der Waals surface area (Å²) in [6.07, 6.45) is -0.999. The van der Waals surface area contributed by atoms with Crippen molar-refractivity contribution in [2.24, 2.45) is 10.9 Å². The third-order valence-electron chi connectivity index (χ3n) is 4.13. The molecule has 0 aromatic heterocycles. The van der Waals surface area contributed by atoms with E-state index in [0.717, 1.165) is 30.9 Å². The second-order valence-electron chi connectivity index (χ2n) is 6.14. The van der Waals surface area contributed by atoms with Crippen molar-refractivity contribution >= 4 is 29.9 Å². The molecule has 0 saturated heterocycles. The van der Waals surface area contributed by atoms with Gasteiger partial charge in [-0.1, -0.05) is 25.1 Å². The van der Waals surface area contributed by atoms with E-state index in [-0.39, 0.29) is 29.9 Å². The normalized spacial score (nSPS) is 16.3. The molecular formula is C17H25F3IN3. The molecule has 0 spiro atoms. The monoisotopic (exact) mass is 455 g/mol. The van der Waals surface area contributed by atoms with E-state index in [2.05, 4.69) is 15.6 Å². The van der Waals surface area contributed by atoms with Crippen molar-refractivity contribution in [1.82, 2.24) is 10.6 Å². The number of guanidine groups is 1. The lowest BCUT2D eigenvalue weighted by Gasteiger charge is -2.16. The summed E-state index contributed by atoms with van der Waals surface area (Å²) in [6.45, 7) is 3.54. The van der Waals surface area contributed by atoms with Crippen LogP contribution < -0.4 is 10.6 Å². The first-order valence-electron chi connectivity index (χ1n) is 8.02. The van der Waals surface area contributed by atoms with Crippen LogP contribution in [0.25, 0.3) is 0 Å². The van der Waals surface area contributed by atoms with E-state index in [4.69, 9.17) is 0 Å². The van der Waals surface area contributed by atoms with Crippen molar-refractivity contribution in [3.8, 4) is 0 Å². The van der Waals surface area contributed by atoms with Gasteiger partial charge in [-0.2, -0.15) is 13.2 Å². The van der Waals surface area contributed by atoms with Crippen LogP contribution >= 0.6 is 24.0 Å². The first-order valence-corrected chi connectivity index (χ1v) is 8.02. The molecule has 136 valence electrons. The predicted molar refractivity (Wildman–Crippen MR) is 102 cm³/mol. The molecule has 7 heteroatoms. The Labute approximate surface area is 158 Å². The largest absolute Gasteiger partial charge is 0.416 e. The molecule has 0 radical (unpaired) electrons. The number of hydrogen-bond acceptors (Lipinski definition) is 1. The van der Waals surface area contributed by atoms with Crippen LogP contribution in [0.5, 0.6) is 0 Å². The van der Waals surface area contributed by atoms with Crippen LogP contribution in [-0.2, 0) is 6.18 Å². The van der Waals surface area contributed by atoms with E-state index in [1.165, 1.54) is 25.0 Å². The van der Waals surface area contributed by atoms with Crippen LogP contribution in [0.3, 0.4) is 0 Å². The van der Waals surface area contributed by atoms with Crippen molar-refractivity contribution in [2.45, 2.75) is 38.3 Å². The minimum atomic E-state index is -4.29. The van der Waals surface area contributed by atoms with Crippen molar-refractivity contribution < 1.29 is 13.2 Å². The molecule has 2 rings (SSSR count). The Morgan fingerprint density at radius 2 is 2.00 bits per heavy atom. The average Bonchev–Trinajstić information content (AvgIpc) is 3.34. The van der Waals surface area contributed by atoms with Gasteiger partial charge in [0.2, 0.25) is 0 Å². The topological polar surface area (TPSA) is 36.4 Å². The van der Waals surface area contributed by atoms with Gasteiger partial charge in [0.15, 0.2) is 5.96 Å². The SMILES string of the molecule is CN=C(NCCC(C)c1cccc(C(F)(F)F)c1)NCC1CC1.I.